The van der Waals surface area contributed by atoms with Crippen molar-refractivity contribution in [3.63, 3.8) is 0 Å². The third-order valence-electron chi connectivity index (χ3n) is 16.0. The summed E-state index contributed by atoms with van der Waals surface area (Å²) in [4.78, 5) is 5.37. The summed E-state index contributed by atoms with van der Waals surface area (Å²) in [5, 5.41) is 14.9. The molecule has 12 aromatic carbocycles. The van der Waals surface area contributed by atoms with Crippen LogP contribution in [0.1, 0.15) is 30.7 Å². The molecule has 0 aliphatic heterocycles. The smallest absolute Gasteiger partial charge is 0.145 e. The Morgan fingerprint density at radius 3 is 1.37 bits per heavy atom. The van der Waals surface area contributed by atoms with Crippen molar-refractivity contribution in [3.8, 4) is 67.0 Å². The maximum absolute atomic E-state index is 5.37. The van der Waals surface area contributed by atoms with E-state index in [1.165, 1.54) is 137 Å². The van der Waals surface area contributed by atoms with Crippen molar-refractivity contribution in [2.75, 3.05) is 0 Å². The minimum Gasteiger partial charge on any atom is -0.296 e. The third-order valence-corrected chi connectivity index (χ3v) is 16.0. The monoisotopic (exact) mass is 954 g/mol. The molecule has 2 heteroatoms. The van der Waals surface area contributed by atoms with E-state index in [2.05, 4.69) is 259 Å². The zero-order valence-corrected chi connectivity index (χ0v) is 41.5. The number of nitrogens with zero attached hydrogens (tertiary/aromatic N) is 2. The molecule has 2 aliphatic rings. The van der Waals surface area contributed by atoms with Crippen LogP contribution < -0.4 is 0 Å². The summed E-state index contributed by atoms with van der Waals surface area (Å²) in [6, 6.07) is 83.8. The minimum atomic E-state index is 0.965. The Kier molecular flexibility index (Phi) is 10.2. The van der Waals surface area contributed by atoms with Crippen LogP contribution in [0.3, 0.4) is 0 Å². The zero-order valence-electron chi connectivity index (χ0n) is 41.5. The molecule has 0 fully saturated rings. The molecular formula is C73H50N2. The van der Waals surface area contributed by atoms with Crippen molar-refractivity contribution >= 4 is 76.4 Å². The van der Waals surface area contributed by atoms with Crippen LogP contribution in [0.15, 0.2) is 249 Å². The van der Waals surface area contributed by atoms with Gasteiger partial charge in [0.25, 0.3) is 0 Å². The van der Waals surface area contributed by atoms with Crippen LogP contribution in [0.25, 0.3) is 143 Å². The van der Waals surface area contributed by atoms with Gasteiger partial charge in [0.2, 0.25) is 0 Å². The van der Waals surface area contributed by atoms with E-state index >= 15 is 0 Å². The SMILES string of the molecule is C1=CCCC(n2c(-c3cccc(-c4c5ccccc5c(-c5ccc(-c6ccc7c(-c8ccc9ccccc9c8)c8ccccc8c(-c8ccc9ccccc9c8)c7c6)cc5)c5ccccc45)c3)nc3c2C=CCC3)=C1. The highest BCUT2D eigenvalue weighted by atomic mass is 15.1. The Morgan fingerprint density at radius 1 is 0.320 bits per heavy atom. The molecule has 0 atom stereocenters. The van der Waals surface area contributed by atoms with E-state index in [1.54, 1.807) is 0 Å². The maximum Gasteiger partial charge on any atom is 0.145 e. The van der Waals surface area contributed by atoms with E-state index in [-0.39, 0.29) is 0 Å². The van der Waals surface area contributed by atoms with Crippen LogP contribution >= 0.6 is 0 Å². The van der Waals surface area contributed by atoms with E-state index in [9.17, 15) is 0 Å². The summed E-state index contributed by atoms with van der Waals surface area (Å²) >= 11 is 0. The van der Waals surface area contributed by atoms with Gasteiger partial charge in [0.05, 0.1) is 11.4 Å². The van der Waals surface area contributed by atoms with E-state index in [1.807, 2.05) is 0 Å². The van der Waals surface area contributed by atoms with Crippen molar-refractivity contribution in [1.29, 1.82) is 0 Å². The van der Waals surface area contributed by atoms with Gasteiger partial charge in [-0.1, -0.05) is 218 Å². The highest BCUT2D eigenvalue weighted by Crippen LogP contribution is 2.48. The molecule has 0 spiro atoms. The summed E-state index contributed by atoms with van der Waals surface area (Å²) in [6.07, 6.45) is 15.3. The van der Waals surface area contributed by atoms with Gasteiger partial charge in [0.15, 0.2) is 0 Å². The molecule has 0 saturated carbocycles. The number of fused-ring (bicyclic) bond motifs is 7. The lowest BCUT2D eigenvalue weighted by Gasteiger charge is -2.20. The van der Waals surface area contributed by atoms with Crippen molar-refractivity contribution in [1.82, 2.24) is 9.55 Å². The fraction of sp³-hybridized carbons (Fsp3) is 0.0548. The van der Waals surface area contributed by atoms with Gasteiger partial charge in [-0.3, -0.25) is 4.57 Å². The normalized spacial score (nSPS) is 13.4. The van der Waals surface area contributed by atoms with Gasteiger partial charge in [-0.15, -0.1) is 0 Å². The van der Waals surface area contributed by atoms with Crippen LogP contribution in [0.5, 0.6) is 0 Å². The van der Waals surface area contributed by atoms with Gasteiger partial charge in [-0.2, -0.15) is 0 Å². The van der Waals surface area contributed by atoms with Gasteiger partial charge < -0.3 is 0 Å². The van der Waals surface area contributed by atoms with Crippen molar-refractivity contribution < 1.29 is 0 Å². The van der Waals surface area contributed by atoms with Crippen LogP contribution in [-0.4, -0.2) is 9.55 Å². The summed E-state index contributed by atoms with van der Waals surface area (Å²) in [5.74, 6) is 1.02. The first kappa shape index (κ1) is 43.2. The topological polar surface area (TPSA) is 17.8 Å². The van der Waals surface area contributed by atoms with Gasteiger partial charge >= 0.3 is 0 Å². The number of imidazole rings is 1. The Balaban J connectivity index is 0.878. The maximum atomic E-state index is 5.37. The van der Waals surface area contributed by atoms with Crippen LogP contribution in [0.4, 0.5) is 0 Å². The predicted molar refractivity (Wildman–Crippen MR) is 320 cm³/mol. The lowest BCUT2D eigenvalue weighted by Crippen LogP contribution is -2.05. The first-order chi connectivity index (χ1) is 37.2. The quantitative estimate of drug-likeness (QED) is 0.146. The number of aryl methyl sites for hydroxylation is 1. The number of hydrogen-bond donors (Lipinski definition) is 0. The second-order valence-corrected chi connectivity index (χ2v) is 20.3. The van der Waals surface area contributed by atoms with E-state index < -0.39 is 0 Å². The Hall–Kier alpha value is -9.37. The average Bonchev–Trinajstić information content (AvgIpc) is 3.91. The Labute approximate surface area is 436 Å². The molecule has 15 rings (SSSR count). The first-order valence-electron chi connectivity index (χ1n) is 26.5. The molecule has 2 aliphatic carbocycles. The number of hydrogen-bond acceptors (Lipinski definition) is 1. The summed E-state index contributed by atoms with van der Waals surface area (Å²) < 4.78 is 2.42. The molecule has 0 N–H and O–H groups in total. The van der Waals surface area contributed by atoms with Gasteiger partial charge in [0.1, 0.15) is 5.82 Å². The molecular weight excluding hydrogens is 905 g/mol. The highest BCUT2D eigenvalue weighted by Gasteiger charge is 2.24. The molecule has 0 bridgehead atoms. The molecule has 2 nitrogen and oxygen atoms in total. The fourth-order valence-electron chi connectivity index (χ4n) is 12.6. The number of benzene rings is 12. The number of rotatable bonds is 7. The molecule has 352 valence electrons. The Morgan fingerprint density at radius 2 is 0.787 bits per heavy atom. The van der Waals surface area contributed by atoms with Crippen LogP contribution in [0.2, 0.25) is 0 Å². The van der Waals surface area contributed by atoms with Crippen LogP contribution in [-0.2, 0) is 6.42 Å². The van der Waals surface area contributed by atoms with Crippen LogP contribution in [0, 0.1) is 0 Å². The zero-order chi connectivity index (χ0) is 49.4. The molecule has 0 unspecified atom stereocenters. The lowest BCUT2D eigenvalue weighted by molar-refractivity contribution is 0.917. The Bertz CT molecular complexity index is 4520. The first-order valence-corrected chi connectivity index (χ1v) is 26.5. The second kappa shape index (κ2) is 17.7. The largest absolute Gasteiger partial charge is 0.296 e. The fourth-order valence-corrected chi connectivity index (χ4v) is 12.6. The molecule has 75 heavy (non-hydrogen) atoms. The number of allylic oxidation sites excluding steroid dienone is 5. The average molecular weight is 955 g/mol. The molecule has 0 saturated heterocycles. The third kappa shape index (κ3) is 7.20. The van der Waals surface area contributed by atoms with Gasteiger partial charge in [-0.05, 0) is 182 Å². The standard InChI is InChI=1S/C73H50N2/c1-2-23-58(24-3-1)75-68-32-15-14-31-67(68)74-73(75)57-22-16-21-54(45-57)70-61-27-10-8-25-59(61)69(60-26-9-11-28-62(60)70)50-37-33-49(34-38-50)53-41-42-65-66(46-53)72(56-40-36-48-18-5-7-20-52(48)44-56)64-30-13-12-29-63(64)71(65)55-39-35-47-17-4-6-19-51(47)43-55/h1-2,4-13,15-23,25-30,32-46H,3,14,24,31H2. The molecule has 0 radical (unpaired) electrons. The van der Waals surface area contributed by atoms with Crippen molar-refractivity contribution in [3.05, 3.63) is 260 Å². The summed E-state index contributed by atoms with van der Waals surface area (Å²) in [5.41, 5.74) is 17.1. The van der Waals surface area contributed by atoms with Crippen molar-refractivity contribution in [2.24, 2.45) is 0 Å². The van der Waals surface area contributed by atoms with E-state index in [0.29, 0.717) is 0 Å². The summed E-state index contributed by atoms with van der Waals surface area (Å²) in [7, 11) is 0. The van der Waals surface area contributed by atoms with E-state index in [4.69, 9.17) is 4.98 Å². The summed E-state index contributed by atoms with van der Waals surface area (Å²) in [6.45, 7) is 0. The molecule has 0 amide bonds. The van der Waals surface area contributed by atoms with Gasteiger partial charge in [-0.25, -0.2) is 4.98 Å². The van der Waals surface area contributed by atoms with Gasteiger partial charge in [0, 0.05) is 11.3 Å². The number of aromatic nitrogens is 2. The molecule has 1 aromatic heterocycles. The highest BCUT2D eigenvalue weighted by molar-refractivity contribution is 6.24. The predicted octanol–water partition coefficient (Wildman–Crippen LogP) is 20.0. The minimum absolute atomic E-state index is 0.965. The molecule has 1 heterocycles. The van der Waals surface area contributed by atoms with E-state index in [0.717, 1.165) is 37.1 Å². The second-order valence-electron chi connectivity index (χ2n) is 20.3. The molecule has 13 aromatic rings. The van der Waals surface area contributed by atoms with Crippen molar-refractivity contribution in [2.45, 2.75) is 25.7 Å². The lowest BCUT2D eigenvalue weighted by atomic mass is 9.84.